The molecule has 0 saturated heterocycles. The number of ether oxygens (including phenoxy) is 2. The number of amides is 1. The Balaban J connectivity index is 1.69. The SMILES string of the molecule is CCOCc1ccc(Nc2cc3c(cn2)N(C)C(=O)c2ccccc2N3C)c(OCC)c1. The van der Waals surface area contributed by atoms with Crippen molar-refractivity contribution < 1.29 is 14.3 Å². The molecule has 0 fully saturated rings. The maximum Gasteiger partial charge on any atom is 0.260 e. The minimum absolute atomic E-state index is 0.0581. The topological polar surface area (TPSA) is 66.9 Å². The van der Waals surface area contributed by atoms with E-state index in [1.54, 1.807) is 18.1 Å². The van der Waals surface area contributed by atoms with Crippen molar-refractivity contribution >= 4 is 34.5 Å². The summed E-state index contributed by atoms with van der Waals surface area (Å²) in [5.74, 6) is 1.35. The molecule has 1 aliphatic rings. The second-order valence-electron chi connectivity index (χ2n) is 7.52. The van der Waals surface area contributed by atoms with Gasteiger partial charge in [0.25, 0.3) is 5.91 Å². The molecule has 0 saturated carbocycles. The molecule has 1 amide bonds. The lowest BCUT2D eigenvalue weighted by Gasteiger charge is -2.23. The molecule has 3 aromatic rings. The number of carbonyl (C=O) groups excluding carboxylic acids is 1. The quantitative estimate of drug-likeness (QED) is 0.559. The Morgan fingerprint density at radius 1 is 0.938 bits per heavy atom. The zero-order valence-electron chi connectivity index (χ0n) is 18.9. The normalized spacial score (nSPS) is 12.8. The minimum atomic E-state index is -0.0581. The third-order valence-electron chi connectivity index (χ3n) is 5.47. The fraction of sp³-hybridized carbons (Fsp3) is 0.280. The average molecular weight is 433 g/mol. The Labute approximate surface area is 188 Å². The molecule has 1 aliphatic heterocycles. The van der Waals surface area contributed by atoms with Gasteiger partial charge >= 0.3 is 0 Å². The predicted octanol–water partition coefficient (Wildman–Crippen LogP) is 5.12. The molecular formula is C25H28N4O3. The summed E-state index contributed by atoms with van der Waals surface area (Å²) in [6, 6.07) is 15.5. The Hall–Kier alpha value is -3.58. The van der Waals surface area contributed by atoms with Gasteiger partial charge in [-0.15, -0.1) is 0 Å². The highest BCUT2D eigenvalue weighted by Crippen LogP contribution is 2.40. The molecule has 166 valence electrons. The van der Waals surface area contributed by atoms with E-state index in [1.165, 1.54) is 0 Å². The zero-order chi connectivity index (χ0) is 22.7. The molecule has 2 heterocycles. The maximum absolute atomic E-state index is 13.0. The van der Waals surface area contributed by atoms with Gasteiger partial charge in [0.15, 0.2) is 0 Å². The molecule has 32 heavy (non-hydrogen) atoms. The van der Waals surface area contributed by atoms with Gasteiger partial charge in [-0.2, -0.15) is 0 Å². The van der Waals surface area contributed by atoms with Crippen LogP contribution in [0.5, 0.6) is 5.75 Å². The number of fused-ring (bicyclic) bond motifs is 2. The van der Waals surface area contributed by atoms with Crippen LogP contribution >= 0.6 is 0 Å². The second kappa shape index (κ2) is 9.28. The van der Waals surface area contributed by atoms with E-state index in [1.807, 2.05) is 74.3 Å². The summed E-state index contributed by atoms with van der Waals surface area (Å²) in [7, 11) is 3.73. The van der Waals surface area contributed by atoms with E-state index in [-0.39, 0.29) is 5.91 Å². The van der Waals surface area contributed by atoms with E-state index in [9.17, 15) is 4.79 Å². The van der Waals surface area contributed by atoms with Crippen LogP contribution < -0.4 is 19.9 Å². The molecule has 4 rings (SSSR count). The highest BCUT2D eigenvalue weighted by molar-refractivity contribution is 6.13. The van der Waals surface area contributed by atoms with Gasteiger partial charge in [-0.1, -0.05) is 18.2 Å². The second-order valence-corrected chi connectivity index (χ2v) is 7.52. The molecule has 7 heteroatoms. The number of para-hydroxylation sites is 1. The van der Waals surface area contributed by atoms with Crippen LogP contribution in [0.1, 0.15) is 29.8 Å². The molecule has 0 unspecified atom stereocenters. The summed E-state index contributed by atoms with van der Waals surface area (Å²) >= 11 is 0. The minimum Gasteiger partial charge on any atom is -0.492 e. The lowest BCUT2D eigenvalue weighted by molar-refractivity contribution is 0.0994. The molecule has 1 aromatic heterocycles. The van der Waals surface area contributed by atoms with Gasteiger partial charge < -0.3 is 24.6 Å². The van der Waals surface area contributed by atoms with Crippen molar-refractivity contribution in [1.82, 2.24) is 4.98 Å². The number of rotatable bonds is 7. The molecule has 0 radical (unpaired) electrons. The van der Waals surface area contributed by atoms with Gasteiger partial charge in [0.05, 0.1) is 47.7 Å². The van der Waals surface area contributed by atoms with Crippen molar-refractivity contribution in [3.05, 3.63) is 65.9 Å². The monoisotopic (exact) mass is 432 g/mol. The highest BCUT2D eigenvalue weighted by atomic mass is 16.5. The Kier molecular flexibility index (Phi) is 6.28. The van der Waals surface area contributed by atoms with Crippen LogP contribution in [-0.2, 0) is 11.3 Å². The van der Waals surface area contributed by atoms with Crippen LogP contribution in [0.15, 0.2) is 54.7 Å². The van der Waals surface area contributed by atoms with Gasteiger partial charge in [-0.3, -0.25) is 4.79 Å². The first kappa shape index (κ1) is 21.6. The molecule has 0 aliphatic carbocycles. The number of pyridine rings is 1. The van der Waals surface area contributed by atoms with E-state index in [4.69, 9.17) is 9.47 Å². The number of benzene rings is 2. The van der Waals surface area contributed by atoms with Crippen LogP contribution in [0.25, 0.3) is 0 Å². The zero-order valence-corrected chi connectivity index (χ0v) is 18.9. The van der Waals surface area contributed by atoms with Gasteiger partial charge in [0.1, 0.15) is 11.6 Å². The molecule has 2 aromatic carbocycles. The van der Waals surface area contributed by atoms with Crippen molar-refractivity contribution in [3.63, 3.8) is 0 Å². The third-order valence-corrected chi connectivity index (χ3v) is 5.47. The van der Waals surface area contributed by atoms with Crippen molar-refractivity contribution in [3.8, 4) is 5.75 Å². The van der Waals surface area contributed by atoms with Crippen molar-refractivity contribution in [2.75, 3.05) is 42.4 Å². The lowest BCUT2D eigenvalue weighted by Crippen LogP contribution is -2.25. The van der Waals surface area contributed by atoms with Gasteiger partial charge in [0.2, 0.25) is 0 Å². The molecule has 0 spiro atoms. The number of anilines is 5. The van der Waals surface area contributed by atoms with E-state index in [0.29, 0.717) is 31.2 Å². The van der Waals surface area contributed by atoms with Crippen molar-refractivity contribution in [2.45, 2.75) is 20.5 Å². The number of hydrogen-bond acceptors (Lipinski definition) is 6. The summed E-state index contributed by atoms with van der Waals surface area (Å²) in [4.78, 5) is 21.2. The number of nitrogens with zero attached hydrogens (tertiary/aromatic N) is 3. The van der Waals surface area contributed by atoms with E-state index < -0.39 is 0 Å². The van der Waals surface area contributed by atoms with E-state index in [0.717, 1.165) is 34.1 Å². The smallest absolute Gasteiger partial charge is 0.260 e. The number of nitrogens with one attached hydrogen (secondary N) is 1. The summed E-state index contributed by atoms with van der Waals surface area (Å²) in [6.45, 7) is 5.69. The summed E-state index contributed by atoms with van der Waals surface area (Å²) in [5.41, 5.74) is 5.01. The molecule has 1 N–H and O–H groups in total. The highest BCUT2D eigenvalue weighted by Gasteiger charge is 2.27. The van der Waals surface area contributed by atoms with Crippen LogP contribution in [0.3, 0.4) is 0 Å². The van der Waals surface area contributed by atoms with E-state index in [2.05, 4.69) is 10.3 Å². The van der Waals surface area contributed by atoms with Crippen LogP contribution in [0.4, 0.5) is 28.6 Å². The molecule has 7 nitrogen and oxygen atoms in total. The fourth-order valence-corrected chi connectivity index (χ4v) is 3.79. The van der Waals surface area contributed by atoms with Crippen molar-refractivity contribution in [2.24, 2.45) is 0 Å². The standard InChI is InChI=1S/C25H28N4O3/c1-5-31-16-17-11-12-19(23(13-17)32-6-2)27-24-14-21-22(15-26-24)29(4)25(30)18-9-7-8-10-20(18)28(21)3/h7-15H,5-6,16H2,1-4H3,(H,26,27). The van der Waals surface area contributed by atoms with Crippen LogP contribution in [-0.4, -0.2) is 38.2 Å². The van der Waals surface area contributed by atoms with E-state index >= 15 is 0 Å². The summed E-state index contributed by atoms with van der Waals surface area (Å²) in [5, 5.41) is 3.37. The summed E-state index contributed by atoms with van der Waals surface area (Å²) < 4.78 is 11.4. The Morgan fingerprint density at radius 3 is 2.53 bits per heavy atom. The predicted molar refractivity (Wildman–Crippen MR) is 128 cm³/mol. The number of carbonyl (C=O) groups is 1. The number of aromatic nitrogens is 1. The molecular weight excluding hydrogens is 404 g/mol. The first-order chi connectivity index (χ1) is 15.5. The van der Waals surface area contributed by atoms with Gasteiger partial charge in [0, 0.05) is 26.8 Å². The van der Waals surface area contributed by atoms with Crippen LogP contribution in [0.2, 0.25) is 0 Å². The molecule has 0 atom stereocenters. The number of hydrogen-bond donors (Lipinski definition) is 1. The first-order valence-electron chi connectivity index (χ1n) is 10.7. The van der Waals surface area contributed by atoms with Gasteiger partial charge in [-0.25, -0.2) is 4.98 Å². The Morgan fingerprint density at radius 2 is 1.75 bits per heavy atom. The molecule has 0 bridgehead atoms. The maximum atomic E-state index is 13.0. The van der Waals surface area contributed by atoms with Crippen molar-refractivity contribution in [1.29, 1.82) is 0 Å². The van der Waals surface area contributed by atoms with Gasteiger partial charge in [-0.05, 0) is 43.7 Å². The van der Waals surface area contributed by atoms with Crippen LogP contribution in [0, 0.1) is 0 Å². The largest absolute Gasteiger partial charge is 0.492 e. The summed E-state index contributed by atoms with van der Waals surface area (Å²) in [6.07, 6.45) is 1.72. The Bertz CT molecular complexity index is 1130. The first-order valence-corrected chi connectivity index (χ1v) is 10.7. The lowest BCUT2D eigenvalue weighted by atomic mass is 10.1. The average Bonchev–Trinajstić information content (AvgIpc) is 2.89. The fourth-order valence-electron chi connectivity index (χ4n) is 3.79. The third kappa shape index (κ3) is 4.11.